The van der Waals surface area contributed by atoms with Gasteiger partial charge < -0.3 is 20.4 Å². The molecule has 0 aliphatic carbocycles. The fourth-order valence-corrected chi connectivity index (χ4v) is 2.60. The molecule has 0 aromatic carbocycles. The largest absolute Gasteiger partial charge is 0.356 e. The van der Waals surface area contributed by atoms with Crippen LogP contribution in [0.5, 0.6) is 0 Å². The molecule has 1 amide bonds. The molecule has 128 valence electrons. The number of rotatable bonds is 7. The summed E-state index contributed by atoms with van der Waals surface area (Å²) in [7, 11) is 5.31. The van der Waals surface area contributed by atoms with Crippen LogP contribution in [0.3, 0.4) is 0 Å². The number of guanidine groups is 1. The molecule has 1 aliphatic rings. The van der Waals surface area contributed by atoms with Crippen molar-refractivity contribution >= 4 is 11.9 Å². The number of carbonyl (C=O) groups excluding carboxylic acids is 1. The van der Waals surface area contributed by atoms with E-state index in [1.165, 1.54) is 38.8 Å². The maximum atomic E-state index is 11.5. The SMILES string of the molecule is CN=C(NCCCN1CCCCCC1)NCCC(=O)N(C)C. The molecule has 6 heteroatoms. The lowest BCUT2D eigenvalue weighted by molar-refractivity contribution is -0.128. The van der Waals surface area contributed by atoms with Crippen molar-refractivity contribution in [3.63, 3.8) is 0 Å². The molecule has 1 fully saturated rings. The maximum Gasteiger partial charge on any atom is 0.223 e. The second kappa shape index (κ2) is 11.3. The van der Waals surface area contributed by atoms with Crippen LogP contribution < -0.4 is 10.6 Å². The number of amides is 1. The van der Waals surface area contributed by atoms with Crippen LogP contribution in [0.2, 0.25) is 0 Å². The molecule has 0 atom stereocenters. The molecule has 1 aliphatic heterocycles. The van der Waals surface area contributed by atoms with E-state index >= 15 is 0 Å². The van der Waals surface area contributed by atoms with E-state index in [0.29, 0.717) is 13.0 Å². The van der Waals surface area contributed by atoms with Crippen molar-refractivity contribution in [2.45, 2.75) is 38.5 Å². The van der Waals surface area contributed by atoms with Crippen LogP contribution >= 0.6 is 0 Å². The Balaban J connectivity index is 2.09. The standard InChI is InChI=1S/C16H33N5O/c1-17-16(19-11-9-15(22)20(2)3)18-10-8-14-21-12-6-4-5-7-13-21/h4-14H2,1-3H3,(H2,17,18,19). The van der Waals surface area contributed by atoms with E-state index in [4.69, 9.17) is 0 Å². The van der Waals surface area contributed by atoms with Gasteiger partial charge >= 0.3 is 0 Å². The van der Waals surface area contributed by atoms with Crippen molar-refractivity contribution in [3.8, 4) is 0 Å². The lowest BCUT2D eigenvalue weighted by Crippen LogP contribution is -2.40. The number of likely N-dealkylation sites (tertiary alicyclic amines) is 1. The smallest absolute Gasteiger partial charge is 0.223 e. The molecule has 6 nitrogen and oxygen atoms in total. The van der Waals surface area contributed by atoms with Gasteiger partial charge in [-0.1, -0.05) is 12.8 Å². The Bertz CT molecular complexity index is 335. The highest BCUT2D eigenvalue weighted by Crippen LogP contribution is 2.09. The topological polar surface area (TPSA) is 60.0 Å². The molecule has 22 heavy (non-hydrogen) atoms. The van der Waals surface area contributed by atoms with Gasteiger partial charge in [-0.3, -0.25) is 9.79 Å². The number of hydrogen-bond acceptors (Lipinski definition) is 3. The zero-order valence-corrected chi connectivity index (χ0v) is 14.5. The van der Waals surface area contributed by atoms with Crippen molar-refractivity contribution in [3.05, 3.63) is 0 Å². The third kappa shape index (κ3) is 8.22. The summed E-state index contributed by atoms with van der Waals surface area (Å²) >= 11 is 0. The maximum absolute atomic E-state index is 11.5. The molecule has 0 radical (unpaired) electrons. The molecule has 0 bridgehead atoms. The van der Waals surface area contributed by atoms with Crippen molar-refractivity contribution < 1.29 is 4.79 Å². The van der Waals surface area contributed by atoms with Crippen molar-refractivity contribution in [1.82, 2.24) is 20.4 Å². The predicted molar refractivity (Wildman–Crippen MR) is 92.2 cm³/mol. The predicted octanol–water partition coefficient (Wildman–Crippen LogP) is 0.896. The summed E-state index contributed by atoms with van der Waals surface area (Å²) < 4.78 is 0. The fourth-order valence-electron chi connectivity index (χ4n) is 2.60. The third-order valence-corrected chi connectivity index (χ3v) is 4.00. The monoisotopic (exact) mass is 311 g/mol. The molecule has 1 heterocycles. The lowest BCUT2D eigenvalue weighted by atomic mass is 10.2. The van der Waals surface area contributed by atoms with E-state index in [9.17, 15) is 4.79 Å². The quantitative estimate of drug-likeness (QED) is 0.417. The van der Waals surface area contributed by atoms with E-state index in [-0.39, 0.29) is 5.91 Å². The minimum Gasteiger partial charge on any atom is -0.356 e. The summed E-state index contributed by atoms with van der Waals surface area (Å²) in [4.78, 5) is 19.9. The first-order valence-electron chi connectivity index (χ1n) is 8.50. The van der Waals surface area contributed by atoms with Gasteiger partial charge in [0.15, 0.2) is 5.96 Å². The Labute approximate surface area is 135 Å². The van der Waals surface area contributed by atoms with Gasteiger partial charge in [0.1, 0.15) is 0 Å². The van der Waals surface area contributed by atoms with Crippen LogP contribution in [-0.2, 0) is 4.79 Å². The second-order valence-electron chi connectivity index (χ2n) is 6.07. The normalized spacial score (nSPS) is 17.0. The number of hydrogen-bond donors (Lipinski definition) is 2. The number of aliphatic imine (C=N–C) groups is 1. The first kappa shape index (κ1) is 18.7. The van der Waals surface area contributed by atoms with Gasteiger partial charge in [-0.15, -0.1) is 0 Å². The molecule has 1 rings (SSSR count). The Morgan fingerprint density at radius 1 is 1.09 bits per heavy atom. The second-order valence-corrected chi connectivity index (χ2v) is 6.07. The first-order chi connectivity index (χ1) is 10.6. The van der Waals surface area contributed by atoms with E-state index in [0.717, 1.165) is 25.5 Å². The molecule has 0 saturated carbocycles. The van der Waals surface area contributed by atoms with Gasteiger partial charge in [0.05, 0.1) is 0 Å². The Hall–Kier alpha value is -1.30. The number of nitrogens with one attached hydrogen (secondary N) is 2. The zero-order chi connectivity index (χ0) is 16.2. The summed E-state index contributed by atoms with van der Waals surface area (Å²) in [6.07, 6.45) is 7.07. The van der Waals surface area contributed by atoms with Gasteiger partial charge in [-0.25, -0.2) is 0 Å². The molecule has 0 unspecified atom stereocenters. The van der Waals surface area contributed by atoms with Gasteiger partial charge in [-0.2, -0.15) is 0 Å². The number of nitrogens with zero attached hydrogens (tertiary/aromatic N) is 3. The summed E-state index contributed by atoms with van der Waals surface area (Å²) in [5, 5.41) is 6.50. The molecular weight excluding hydrogens is 278 g/mol. The average molecular weight is 311 g/mol. The summed E-state index contributed by atoms with van der Waals surface area (Å²) in [5.74, 6) is 0.909. The molecule has 1 saturated heterocycles. The molecular formula is C16H33N5O. The van der Waals surface area contributed by atoms with Crippen molar-refractivity contribution in [2.24, 2.45) is 4.99 Å². The van der Waals surface area contributed by atoms with Gasteiger partial charge in [0.2, 0.25) is 5.91 Å². The Morgan fingerprint density at radius 2 is 1.73 bits per heavy atom. The number of carbonyl (C=O) groups is 1. The van der Waals surface area contributed by atoms with Gasteiger partial charge in [0.25, 0.3) is 0 Å². The highest BCUT2D eigenvalue weighted by atomic mass is 16.2. The van der Waals surface area contributed by atoms with E-state index in [1.54, 1.807) is 26.0 Å². The third-order valence-electron chi connectivity index (χ3n) is 4.00. The molecule has 2 N–H and O–H groups in total. The highest BCUT2D eigenvalue weighted by molar-refractivity contribution is 5.81. The van der Waals surface area contributed by atoms with Crippen molar-refractivity contribution in [1.29, 1.82) is 0 Å². The molecule has 0 aromatic rings. The summed E-state index contributed by atoms with van der Waals surface area (Å²) in [6, 6.07) is 0. The van der Waals surface area contributed by atoms with Crippen LogP contribution in [0.4, 0.5) is 0 Å². The average Bonchev–Trinajstić information content (AvgIpc) is 2.78. The first-order valence-corrected chi connectivity index (χ1v) is 8.50. The van der Waals surface area contributed by atoms with Crippen LogP contribution in [0.1, 0.15) is 38.5 Å². The highest BCUT2D eigenvalue weighted by Gasteiger charge is 2.08. The fraction of sp³-hybridized carbons (Fsp3) is 0.875. The summed E-state index contributed by atoms with van der Waals surface area (Å²) in [6.45, 7) is 5.18. The van der Waals surface area contributed by atoms with Crippen molar-refractivity contribution in [2.75, 3.05) is 53.9 Å². The molecule has 0 spiro atoms. The van der Waals surface area contributed by atoms with E-state index in [1.807, 2.05) is 0 Å². The molecule has 0 aromatic heterocycles. The van der Waals surface area contributed by atoms with Gasteiger partial charge in [-0.05, 0) is 38.9 Å². The zero-order valence-electron chi connectivity index (χ0n) is 14.5. The minimum absolute atomic E-state index is 0.129. The van der Waals surface area contributed by atoms with Crippen LogP contribution in [0, 0.1) is 0 Å². The summed E-state index contributed by atoms with van der Waals surface area (Å²) in [5.41, 5.74) is 0. The van der Waals surface area contributed by atoms with Crippen LogP contribution in [0.25, 0.3) is 0 Å². The van der Waals surface area contributed by atoms with Crippen LogP contribution in [-0.4, -0.2) is 75.5 Å². The lowest BCUT2D eigenvalue weighted by Gasteiger charge is -2.20. The minimum atomic E-state index is 0.129. The van der Waals surface area contributed by atoms with Gasteiger partial charge in [0, 0.05) is 40.7 Å². The van der Waals surface area contributed by atoms with E-state index in [2.05, 4.69) is 20.5 Å². The van der Waals surface area contributed by atoms with Crippen LogP contribution in [0.15, 0.2) is 4.99 Å². The van der Waals surface area contributed by atoms with E-state index < -0.39 is 0 Å². The Kier molecular flexibility index (Phi) is 9.62. The Morgan fingerprint density at radius 3 is 2.32 bits per heavy atom.